The van der Waals surface area contributed by atoms with Gasteiger partial charge in [0.1, 0.15) is 12.3 Å². The Morgan fingerprint density at radius 3 is 2.59 bits per heavy atom. The van der Waals surface area contributed by atoms with Crippen LogP contribution in [-0.4, -0.2) is 38.5 Å². The quantitative estimate of drug-likeness (QED) is 0.804. The number of rotatable bonds is 7. The minimum Gasteiger partial charge on any atom is -0.344 e. The first-order valence-corrected chi connectivity index (χ1v) is 9.26. The summed E-state index contributed by atoms with van der Waals surface area (Å²) in [6, 6.07) is 9.03. The lowest BCUT2D eigenvalue weighted by atomic mass is 9.86. The number of aromatic nitrogens is 3. The molecule has 0 radical (unpaired) electrons. The molecule has 0 bridgehead atoms. The SMILES string of the molecule is CC(=O)C(Cc1ccccc1)NC(=O)Cn1cc(C2CCC(=O)CC2)nn1. The van der Waals surface area contributed by atoms with Crippen molar-refractivity contribution < 1.29 is 14.4 Å². The first-order chi connectivity index (χ1) is 13.0. The van der Waals surface area contributed by atoms with Crippen molar-refractivity contribution in [2.75, 3.05) is 0 Å². The molecule has 7 nitrogen and oxygen atoms in total. The van der Waals surface area contributed by atoms with Gasteiger partial charge in [0, 0.05) is 25.0 Å². The summed E-state index contributed by atoms with van der Waals surface area (Å²) in [6.45, 7) is 1.49. The lowest BCUT2D eigenvalue weighted by molar-refractivity contribution is -0.127. The van der Waals surface area contributed by atoms with Gasteiger partial charge >= 0.3 is 0 Å². The molecule has 1 aromatic carbocycles. The van der Waals surface area contributed by atoms with E-state index in [9.17, 15) is 14.4 Å². The summed E-state index contributed by atoms with van der Waals surface area (Å²) in [6.07, 6.45) is 4.95. The highest BCUT2D eigenvalue weighted by atomic mass is 16.2. The molecular formula is C20H24N4O3. The van der Waals surface area contributed by atoms with Crippen LogP contribution in [0, 0.1) is 0 Å². The van der Waals surface area contributed by atoms with Gasteiger partial charge in [-0.05, 0) is 31.7 Å². The van der Waals surface area contributed by atoms with E-state index in [1.54, 1.807) is 6.20 Å². The van der Waals surface area contributed by atoms with Crippen LogP contribution in [0.3, 0.4) is 0 Å². The van der Waals surface area contributed by atoms with Gasteiger partial charge in [-0.25, -0.2) is 4.68 Å². The number of hydrogen-bond donors (Lipinski definition) is 1. The van der Waals surface area contributed by atoms with Crippen molar-refractivity contribution in [3.63, 3.8) is 0 Å². The number of hydrogen-bond acceptors (Lipinski definition) is 5. The first kappa shape index (κ1) is 18.9. The highest BCUT2D eigenvalue weighted by Crippen LogP contribution is 2.29. The zero-order valence-corrected chi connectivity index (χ0v) is 15.4. The molecule has 1 saturated carbocycles. The third-order valence-electron chi connectivity index (χ3n) is 4.93. The summed E-state index contributed by atoms with van der Waals surface area (Å²) in [5.74, 6) is 0.161. The second-order valence-electron chi connectivity index (χ2n) is 7.07. The molecule has 0 aliphatic heterocycles. The zero-order valence-electron chi connectivity index (χ0n) is 15.4. The Bertz CT molecular complexity index is 806. The number of ketones is 2. The molecule has 27 heavy (non-hydrogen) atoms. The van der Waals surface area contributed by atoms with Crippen LogP contribution in [0.1, 0.15) is 49.8 Å². The number of nitrogens with one attached hydrogen (secondary N) is 1. The maximum absolute atomic E-state index is 12.3. The van der Waals surface area contributed by atoms with Gasteiger partial charge in [0.05, 0.1) is 11.7 Å². The van der Waals surface area contributed by atoms with Crippen LogP contribution in [-0.2, 0) is 27.3 Å². The molecule has 2 aromatic rings. The van der Waals surface area contributed by atoms with Gasteiger partial charge in [0.15, 0.2) is 5.78 Å². The predicted octanol–water partition coefficient (Wildman–Crippen LogP) is 1.82. The number of benzene rings is 1. The molecule has 1 amide bonds. The Kier molecular flexibility index (Phi) is 6.11. The second kappa shape index (κ2) is 8.70. The van der Waals surface area contributed by atoms with Crippen molar-refractivity contribution in [1.29, 1.82) is 0 Å². The number of Topliss-reactive ketones (excluding diaryl/α,β-unsaturated/α-hetero) is 2. The molecule has 1 aliphatic rings. The van der Waals surface area contributed by atoms with Gasteiger partial charge in [-0.2, -0.15) is 0 Å². The third kappa shape index (κ3) is 5.32. The Labute approximate surface area is 158 Å². The van der Waals surface area contributed by atoms with Gasteiger partial charge < -0.3 is 5.32 Å². The first-order valence-electron chi connectivity index (χ1n) is 9.26. The van der Waals surface area contributed by atoms with Crippen LogP contribution in [0.5, 0.6) is 0 Å². The molecule has 0 spiro atoms. The largest absolute Gasteiger partial charge is 0.344 e. The molecular weight excluding hydrogens is 344 g/mol. The van der Waals surface area contributed by atoms with E-state index < -0.39 is 6.04 Å². The van der Waals surface area contributed by atoms with E-state index >= 15 is 0 Å². The standard InChI is InChI=1S/C20H24N4O3/c1-14(25)18(11-15-5-3-2-4-6-15)21-20(27)13-24-12-19(22-23-24)16-7-9-17(26)10-8-16/h2-6,12,16,18H,7-11,13H2,1H3,(H,21,27). The second-order valence-corrected chi connectivity index (χ2v) is 7.07. The van der Waals surface area contributed by atoms with E-state index in [2.05, 4.69) is 15.6 Å². The average Bonchev–Trinajstić information content (AvgIpc) is 3.11. The monoisotopic (exact) mass is 368 g/mol. The van der Waals surface area contributed by atoms with Gasteiger partial charge in [0.2, 0.25) is 5.91 Å². The number of amides is 1. The summed E-state index contributed by atoms with van der Waals surface area (Å²) in [4.78, 5) is 35.6. The molecule has 1 aliphatic carbocycles. The van der Waals surface area contributed by atoms with E-state index in [0.717, 1.165) is 24.1 Å². The highest BCUT2D eigenvalue weighted by Gasteiger charge is 2.23. The van der Waals surface area contributed by atoms with Crippen molar-refractivity contribution in [2.24, 2.45) is 0 Å². The van der Waals surface area contributed by atoms with E-state index in [-0.39, 0.29) is 24.2 Å². The molecule has 1 N–H and O–H groups in total. The van der Waals surface area contributed by atoms with Gasteiger partial charge in [-0.15, -0.1) is 5.10 Å². The van der Waals surface area contributed by atoms with Gasteiger partial charge in [-0.3, -0.25) is 14.4 Å². The van der Waals surface area contributed by atoms with Crippen molar-refractivity contribution in [1.82, 2.24) is 20.3 Å². The maximum atomic E-state index is 12.3. The summed E-state index contributed by atoms with van der Waals surface area (Å²) in [5.41, 5.74) is 1.82. The van der Waals surface area contributed by atoms with Crippen molar-refractivity contribution in [2.45, 2.75) is 57.5 Å². The fraction of sp³-hybridized carbons (Fsp3) is 0.450. The van der Waals surface area contributed by atoms with E-state index in [0.29, 0.717) is 25.0 Å². The summed E-state index contributed by atoms with van der Waals surface area (Å²) < 4.78 is 1.49. The van der Waals surface area contributed by atoms with Crippen LogP contribution in [0.15, 0.2) is 36.5 Å². The van der Waals surface area contributed by atoms with Crippen molar-refractivity contribution in [3.8, 4) is 0 Å². The van der Waals surface area contributed by atoms with Crippen LogP contribution < -0.4 is 5.32 Å². The smallest absolute Gasteiger partial charge is 0.242 e. The zero-order chi connectivity index (χ0) is 19.2. The van der Waals surface area contributed by atoms with Crippen molar-refractivity contribution in [3.05, 3.63) is 47.8 Å². The fourth-order valence-electron chi connectivity index (χ4n) is 3.35. The lowest BCUT2D eigenvalue weighted by Gasteiger charge is -2.18. The Balaban J connectivity index is 1.56. The molecule has 0 saturated heterocycles. The number of carbonyl (C=O) groups excluding carboxylic acids is 3. The minimum absolute atomic E-state index is 0.0111. The highest BCUT2D eigenvalue weighted by molar-refractivity contribution is 5.87. The fourth-order valence-corrected chi connectivity index (χ4v) is 3.35. The van der Waals surface area contributed by atoms with Crippen molar-refractivity contribution >= 4 is 17.5 Å². The van der Waals surface area contributed by atoms with E-state index in [1.807, 2.05) is 30.3 Å². The topological polar surface area (TPSA) is 94.0 Å². The van der Waals surface area contributed by atoms with E-state index in [1.165, 1.54) is 11.6 Å². The van der Waals surface area contributed by atoms with Crippen LogP contribution in [0.25, 0.3) is 0 Å². The molecule has 1 aromatic heterocycles. The van der Waals surface area contributed by atoms with Crippen LogP contribution in [0.2, 0.25) is 0 Å². The molecule has 1 unspecified atom stereocenters. The number of nitrogens with zero attached hydrogens (tertiary/aromatic N) is 3. The molecule has 1 fully saturated rings. The lowest BCUT2D eigenvalue weighted by Crippen LogP contribution is -2.42. The van der Waals surface area contributed by atoms with Crippen LogP contribution in [0.4, 0.5) is 0 Å². The Hall–Kier alpha value is -2.83. The third-order valence-corrected chi connectivity index (χ3v) is 4.93. The summed E-state index contributed by atoms with van der Waals surface area (Å²) in [7, 11) is 0. The predicted molar refractivity (Wildman–Crippen MR) is 99.0 cm³/mol. The average molecular weight is 368 g/mol. The summed E-state index contributed by atoms with van der Waals surface area (Å²) >= 11 is 0. The molecule has 3 rings (SSSR count). The van der Waals surface area contributed by atoms with Gasteiger partial charge in [0.25, 0.3) is 0 Å². The van der Waals surface area contributed by atoms with Gasteiger partial charge in [-0.1, -0.05) is 35.5 Å². The molecule has 1 atom stereocenters. The molecule has 142 valence electrons. The normalized spacial score (nSPS) is 16.1. The molecule has 1 heterocycles. The minimum atomic E-state index is -0.563. The Morgan fingerprint density at radius 2 is 1.93 bits per heavy atom. The van der Waals surface area contributed by atoms with E-state index in [4.69, 9.17) is 0 Å². The maximum Gasteiger partial charge on any atom is 0.242 e. The number of carbonyl (C=O) groups is 3. The Morgan fingerprint density at radius 1 is 1.22 bits per heavy atom. The van der Waals surface area contributed by atoms with Crippen LogP contribution >= 0.6 is 0 Å². The summed E-state index contributed by atoms with van der Waals surface area (Å²) in [5, 5.41) is 11.0. The molecule has 7 heteroatoms.